The smallest absolute Gasteiger partial charge is 0.160 e. The second kappa shape index (κ2) is 5.27. The quantitative estimate of drug-likeness (QED) is 0.841. The highest BCUT2D eigenvalue weighted by molar-refractivity contribution is 5.71. The van der Waals surface area contributed by atoms with Gasteiger partial charge >= 0.3 is 0 Å². The van der Waals surface area contributed by atoms with Gasteiger partial charge in [-0.1, -0.05) is 0 Å². The van der Waals surface area contributed by atoms with Crippen molar-refractivity contribution < 1.29 is 4.74 Å². The molecule has 3 heterocycles. The molecular formula is C14H20N4O. The minimum Gasteiger partial charge on any atom is -0.383 e. The lowest BCUT2D eigenvalue weighted by atomic mass is 10.2. The Balaban J connectivity index is 2.06. The molecule has 0 bridgehead atoms. The van der Waals surface area contributed by atoms with Crippen LogP contribution in [0.5, 0.6) is 0 Å². The maximum absolute atomic E-state index is 5.22. The molecule has 0 radical (unpaired) electrons. The number of fused-ring (bicyclic) bond motifs is 1. The van der Waals surface area contributed by atoms with E-state index in [0.717, 1.165) is 30.1 Å². The Hall–Kier alpha value is -1.46. The molecule has 3 rings (SSSR count). The topological polar surface area (TPSA) is 43.2 Å². The average Bonchev–Trinajstić information content (AvgIpc) is 2.99. The van der Waals surface area contributed by atoms with Crippen LogP contribution in [0.3, 0.4) is 0 Å². The molecule has 1 atom stereocenters. The Labute approximate surface area is 113 Å². The van der Waals surface area contributed by atoms with Crippen LogP contribution in [0.1, 0.15) is 24.7 Å². The zero-order valence-electron chi connectivity index (χ0n) is 11.5. The van der Waals surface area contributed by atoms with Crippen LogP contribution in [0.15, 0.2) is 18.3 Å². The van der Waals surface area contributed by atoms with Gasteiger partial charge in [-0.25, -0.2) is 9.97 Å². The fraction of sp³-hybridized carbons (Fsp3) is 0.571. The fourth-order valence-corrected chi connectivity index (χ4v) is 2.87. The van der Waals surface area contributed by atoms with Gasteiger partial charge in [-0.15, -0.1) is 0 Å². The first kappa shape index (κ1) is 12.6. The number of likely N-dealkylation sites (tertiary alicyclic amines) is 1. The van der Waals surface area contributed by atoms with Crippen molar-refractivity contribution in [3.63, 3.8) is 0 Å². The van der Waals surface area contributed by atoms with E-state index in [9.17, 15) is 0 Å². The fourth-order valence-electron chi connectivity index (χ4n) is 2.87. The molecule has 2 aromatic heterocycles. The lowest BCUT2D eigenvalue weighted by Crippen LogP contribution is -2.22. The molecule has 19 heavy (non-hydrogen) atoms. The van der Waals surface area contributed by atoms with Gasteiger partial charge in [0.05, 0.1) is 12.6 Å². The van der Waals surface area contributed by atoms with Gasteiger partial charge in [-0.05, 0) is 38.6 Å². The van der Waals surface area contributed by atoms with Crippen LogP contribution in [0, 0.1) is 0 Å². The van der Waals surface area contributed by atoms with Crippen LogP contribution in [0.2, 0.25) is 0 Å². The van der Waals surface area contributed by atoms with Gasteiger partial charge in [0, 0.05) is 19.9 Å². The van der Waals surface area contributed by atoms with E-state index in [-0.39, 0.29) is 0 Å². The first-order chi connectivity index (χ1) is 9.31. The molecular weight excluding hydrogens is 240 g/mol. The second-order valence-electron chi connectivity index (χ2n) is 5.10. The zero-order valence-corrected chi connectivity index (χ0v) is 11.5. The Kier molecular flexibility index (Phi) is 3.48. The SMILES string of the molecule is COCCn1c(C2CCCN2C)nc2cccnc21. The molecule has 0 N–H and O–H groups in total. The summed E-state index contributed by atoms with van der Waals surface area (Å²) in [5, 5.41) is 0. The van der Waals surface area contributed by atoms with Crippen molar-refractivity contribution in [3.05, 3.63) is 24.2 Å². The van der Waals surface area contributed by atoms with E-state index in [1.807, 2.05) is 18.3 Å². The third-order valence-electron chi connectivity index (χ3n) is 3.87. The summed E-state index contributed by atoms with van der Waals surface area (Å²) in [6.45, 7) is 2.64. The minimum atomic E-state index is 0.408. The number of methoxy groups -OCH3 is 1. The highest BCUT2D eigenvalue weighted by Gasteiger charge is 2.28. The molecule has 1 unspecified atom stereocenters. The van der Waals surface area contributed by atoms with Crippen molar-refractivity contribution in [3.8, 4) is 0 Å². The predicted octanol–water partition coefficient (Wildman–Crippen LogP) is 1.84. The maximum atomic E-state index is 5.22. The first-order valence-corrected chi connectivity index (χ1v) is 6.81. The van der Waals surface area contributed by atoms with E-state index >= 15 is 0 Å². The van der Waals surface area contributed by atoms with Crippen LogP contribution >= 0.6 is 0 Å². The van der Waals surface area contributed by atoms with Crippen molar-refractivity contribution in [2.24, 2.45) is 0 Å². The number of hydrogen-bond acceptors (Lipinski definition) is 4. The van der Waals surface area contributed by atoms with Crippen LogP contribution in [0.25, 0.3) is 11.2 Å². The Morgan fingerprint density at radius 1 is 1.47 bits per heavy atom. The van der Waals surface area contributed by atoms with E-state index in [1.165, 1.54) is 12.8 Å². The molecule has 0 aliphatic carbocycles. The molecule has 0 amide bonds. The van der Waals surface area contributed by atoms with Crippen molar-refractivity contribution in [1.82, 2.24) is 19.4 Å². The van der Waals surface area contributed by atoms with Gasteiger partial charge in [0.25, 0.3) is 0 Å². The number of pyridine rings is 1. The monoisotopic (exact) mass is 260 g/mol. The molecule has 0 aromatic carbocycles. The van der Waals surface area contributed by atoms with Crippen molar-refractivity contribution in [1.29, 1.82) is 0 Å². The average molecular weight is 260 g/mol. The van der Waals surface area contributed by atoms with Crippen LogP contribution in [0.4, 0.5) is 0 Å². The third kappa shape index (κ3) is 2.24. The lowest BCUT2D eigenvalue weighted by molar-refractivity contribution is 0.184. The molecule has 5 heteroatoms. The van der Waals surface area contributed by atoms with Crippen molar-refractivity contribution in [2.45, 2.75) is 25.4 Å². The highest BCUT2D eigenvalue weighted by atomic mass is 16.5. The number of hydrogen-bond donors (Lipinski definition) is 0. The zero-order chi connectivity index (χ0) is 13.2. The molecule has 102 valence electrons. The van der Waals surface area contributed by atoms with Gasteiger partial charge in [0.2, 0.25) is 0 Å². The third-order valence-corrected chi connectivity index (χ3v) is 3.87. The highest BCUT2D eigenvalue weighted by Crippen LogP contribution is 2.31. The molecule has 1 aliphatic heterocycles. The summed E-state index contributed by atoms with van der Waals surface area (Å²) in [6, 6.07) is 4.38. The van der Waals surface area contributed by atoms with Gasteiger partial charge in [-0.2, -0.15) is 0 Å². The summed E-state index contributed by atoms with van der Waals surface area (Å²) < 4.78 is 7.43. The Morgan fingerprint density at radius 3 is 3.11 bits per heavy atom. The van der Waals surface area contributed by atoms with Crippen LogP contribution in [-0.4, -0.2) is 46.7 Å². The molecule has 1 fully saturated rings. The number of aromatic nitrogens is 3. The van der Waals surface area contributed by atoms with Crippen LogP contribution < -0.4 is 0 Å². The normalized spacial score (nSPS) is 20.4. The molecule has 1 aliphatic rings. The number of nitrogens with zero attached hydrogens (tertiary/aromatic N) is 4. The largest absolute Gasteiger partial charge is 0.383 e. The molecule has 2 aromatic rings. The second-order valence-corrected chi connectivity index (χ2v) is 5.10. The van der Waals surface area contributed by atoms with Gasteiger partial charge in [-0.3, -0.25) is 4.90 Å². The van der Waals surface area contributed by atoms with Gasteiger partial charge in [0.15, 0.2) is 5.65 Å². The van der Waals surface area contributed by atoms with Crippen molar-refractivity contribution >= 4 is 11.2 Å². The van der Waals surface area contributed by atoms with E-state index in [4.69, 9.17) is 9.72 Å². The molecule has 5 nitrogen and oxygen atoms in total. The maximum Gasteiger partial charge on any atom is 0.160 e. The van der Waals surface area contributed by atoms with E-state index in [0.29, 0.717) is 12.6 Å². The Morgan fingerprint density at radius 2 is 2.37 bits per heavy atom. The minimum absolute atomic E-state index is 0.408. The summed E-state index contributed by atoms with van der Waals surface area (Å²) in [7, 11) is 3.90. The molecule has 1 saturated heterocycles. The standard InChI is InChI=1S/C14H20N4O/c1-17-8-4-6-12(17)14-16-11-5-3-7-15-13(11)18(14)9-10-19-2/h3,5,7,12H,4,6,8-10H2,1-2H3. The summed E-state index contributed by atoms with van der Waals surface area (Å²) >= 11 is 0. The number of ether oxygens (including phenoxy) is 1. The van der Waals surface area contributed by atoms with E-state index in [1.54, 1.807) is 7.11 Å². The summed E-state index contributed by atoms with van der Waals surface area (Å²) in [5.74, 6) is 1.13. The number of imidazole rings is 1. The molecule has 0 spiro atoms. The predicted molar refractivity (Wildman–Crippen MR) is 74.0 cm³/mol. The molecule has 0 saturated carbocycles. The van der Waals surface area contributed by atoms with E-state index in [2.05, 4.69) is 21.5 Å². The first-order valence-electron chi connectivity index (χ1n) is 6.81. The van der Waals surface area contributed by atoms with Crippen molar-refractivity contribution in [2.75, 3.05) is 27.3 Å². The summed E-state index contributed by atoms with van der Waals surface area (Å²) in [5.41, 5.74) is 1.95. The lowest BCUT2D eigenvalue weighted by Gasteiger charge is -2.20. The summed E-state index contributed by atoms with van der Waals surface area (Å²) in [4.78, 5) is 11.7. The van der Waals surface area contributed by atoms with Crippen LogP contribution in [-0.2, 0) is 11.3 Å². The number of rotatable bonds is 4. The van der Waals surface area contributed by atoms with Gasteiger partial charge in [0.1, 0.15) is 11.3 Å². The summed E-state index contributed by atoms with van der Waals surface area (Å²) in [6.07, 6.45) is 4.24. The van der Waals surface area contributed by atoms with E-state index < -0.39 is 0 Å². The Bertz CT molecular complexity index is 566. The van der Waals surface area contributed by atoms with Gasteiger partial charge < -0.3 is 9.30 Å².